The summed E-state index contributed by atoms with van der Waals surface area (Å²) >= 11 is 0. The van der Waals surface area contributed by atoms with Crippen LogP contribution in [0.3, 0.4) is 0 Å². The number of aryl methyl sites for hydroxylation is 1. The highest BCUT2D eigenvalue weighted by atomic mass is 16.5. The SMILES string of the molecule is CCCC(CC)N(O)c1nc(N)nc(C)c1Cc1ccc(CC(=O)OCCCCN(C)C)cc1. The van der Waals surface area contributed by atoms with Gasteiger partial charge in [-0.3, -0.25) is 10.0 Å². The summed E-state index contributed by atoms with van der Waals surface area (Å²) in [6, 6.07) is 7.83. The number of carbonyl (C=O) groups excluding carboxylic acids is 1. The topological polar surface area (TPSA) is 105 Å². The van der Waals surface area contributed by atoms with Crippen LogP contribution in [0.5, 0.6) is 0 Å². The number of aromatic nitrogens is 2. The Morgan fingerprint density at radius 1 is 1.12 bits per heavy atom. The maximum atomic E-state index is 12.1. The molecule has 2 aromatic rings. The predicted octanol–water partition coefficient (Wildman–Crippen LogP) is 4.16. The molecule has 2 rings (SSSR count). The summed E-state index contributed by atoms with van der Waals surface area (Å²) < 4.78 is 5.36. The molecule has 0 amide bonds. The summed E-state index contributed by atoms with van der Waals surface area (Å²) in [5.74, 6) is 0.407. The van der Waals surface area contributed by atoms with Gasteiger partial charge in [0.1, 0.15) is 0 Å². The highest BCUT2D eigenvalue weighted by Gasteiger charge is 2.22. The van der Waals surface area contributed by atoms with Crippen molar-refractivity contribution in [3.8, 4) is 0 Å². The van der Waals surface area contributed by atoms with Crippen LogP contribution in [-0.2, 0) is 22.4 Å². The molecule has 0 spiro atoms. The number of rotatable bonds is 14. The summed E-state index contributed by atoms with van der Waals surface area (Å²) in [5.41, 5.74) is 9.43. The molecule has 0 saturated heterocycles. The van der Waals surface area contributed by atoms with Crippen molar-refractivity contribution in [2.45, 2.75) is 71.8 Å². The minimum absolute atomic E-state index is 0.0336. The number of hydrogen-bond donors (Lipinski definition) is 2. The quantitative estimate of drug-likeness (QED) is 0.240. The Kier molecular flexibility index (Phi) is 11.2. The van der Waals surface area contributed by atoms with E-state index in [1.807, 2.05) is 52.2 Å². The Bertz CT molecular complexity index is 902. The molecule has 188 valence electrons. The molecule has 1 aromatic carbocycles. The molecule has 0 aliphatic heterocycles. The van der Waals surface area contributed by atoms with E-state index in [9.17, 15) is 10.0 Å². The number of ether oxygens (including phenoxy) is 1. The molecule has 1 aromatic heterocycles. The number of hydroxylamine groups is 1. The number of benzene rings is 1. The number of esters is 1. The zero-order valence-corrected chi connectivity index (χ0v) is 21.4. The van der Waals surface area contributed by atoms with E-state index in [4.69, 9.17) is 10.5 Å². The standard InChI is InChI=1S/C26H41N5O3/c1-6-10-22(7-2)31(33)25-23(19(3)28-26(27)29-25)17-20-11-13-21(14-12-20)18-24(32)34-16-9-8-15-30(4)5/h11-14,22,33H,6-10,15-18H2,1-5H3,(H2,27,28,29). The lowest BCUT2D eigenvalue weighted by Gasteiger charge is -2.28. The molecule has 0 saturated carbocycles. The first-order valence-corrected chi connectivity index (χ1v) is 12.2. The van der Waals surface area contributed by atoms with Crippen molar-refractivity contribution in [1.29, 1.82) is 0 Å². The number of anilines is 2. The lowest BCUT2D eigenvalue weighted by molar-refractivity contribution is -0.142. The maximum Gasteiger partial charge on any atom is 0.310 e. The molecule has 0 aliphatic rings. The lowest BCUT2D eigenvalue weighted by atomic mass is 10.0. The van der Waals surface area contributed by atoms with E-state index in [0.717, 1.165) is 61.0 Å². The van der Waals surface area contributed by atoms with E-state index in [1.165, 1.54) is 5.06 Å². The smallest absolute Gasteiger partial charge is 0.310 e. The molecule has 1 unspecified atom stereocenters. The van der Waals surface area contributed by atoms with Crippen LogP contribution in [0.4, 0.5) is 11.8 Å². The molecular weight excluding hydrogens is 430 g/mol. The molecule has 0 radical (unpaired) electrons. The molecular formula is C26H41N5O3. The van der Waals surface area contributed by atoms with Gasteiger partial charge in [0.05, 0.1) is 19.1 Å². The van der Waals surface area contributed by atoms with Crippen LogP contribution in [0.1, 0.15) is 68.3 Å². The summed E-state index contributed by atoms with van der Waals surface area (Å²) in [6.45, 7) is 7.48. The zero-order valence-electron chi connectivity index (χ0n) is 21.4. The van der Waals surface area contributed by atoms with Crippen molar-refractivity contribution in [2.75, 3.05) is 38.0 Å². The Labute approximate surface area is 204 Å². The van der Waals surface area contributed by atoms with Crippen molar-refractivity contribution < 1.29 is 14.7 Å². The Morgan fingerprint density at radius 3 is 2.41 bits per heavy atom. The van der Waals surface area contributed by atoms with E-state index in [-0.39, 0.29) is 24.4 Å². The summed E-state index contributed by atoms with van der Waals surface area (Å²) in [6.07, 6.45) is 5.30. The van der Waals surface area contributed by atoms with Crippen LogP contribution in [0, 0.1) is 6.92 Å². The molecule has 34 heavy (non-hydrogen) atoms. The van der Waals surface area contributed by atoms with Gasteiger partial charge in [-0.25, -0.2) is 10.0 Å². The van der Waals surface area contributed by atoms with E-state index < -0.39 is 0 Å². The van der Waals surface area contributed by atoms with Gasteiger partial charge < -0.3 is 15.4 Å². The molecule has 0 bridgehead atoms. The van der Waals surface area contributed by atoms with Crippen LogP contribution < -0.4 is 10.8 Å². The van der Waals surface area contributed by atoms with E-state index >= 15 is 0 Å². The Hall–Kier alpha value is -2.71. The predicted molar refractivity (Wildman–Crippen MR) is 136 cm³/mol. The van der Waals surface area contributed by atoms with E-state index in [1.54, 1.807) is 0 Å². The number of hydrogen-bond acceptors (Lipinski definition) is 8. The largest absolute Gasteiger partial charge is 0.465 e. The fourth-order valence-electron chi connectivity index (χ4n) is 3.92. The fraction of sp³-hybridized carbons (Fsp3) is 0.577. The summed E-state index contributed by atoms with van der Waals surface area (Å²) in [5, 5.41) is 12.2. The van der Waals surface area contributed by atoms with Crippen molar-refractivity contribution in [3.05, 3.63) is 46.6 Å². The van der Waals surface area contributed by atoms with Crippen molar-refractivity contribution in [1.82, 2.24) is 14.9 Å². The van der Waals surface area contributed by atoms with Crippen LogP contribution in [-0.4, -0.2) is 59.3 Å². The molecule has 0 aliphatic carbocycles. The zero-order chi connectivity index (χ0) is 25.1. The molecule has 8 nitrogen and oxygen atoms in total. The number of nitrogens with two attached hydrogens (primary N) is 1. The van der Waals surface area contributed by atoms with Crippen LogP contribution >= 0.6 is 0 Å². The lowest BCUT2D eigenvalue weighted by Crippen LogP contribution is -2.33. The molecule has 1 atom stereocenters. The first-order chi connectivity index (χ1) is 16.2. The number of nitrogen functional groups attached to an aromatic ring is 1. The van der Waals surface area contributed by atoms with E-state index in [0.29, 0.717) is 18.8 Å². The average molecular weight is 472 g/mol. The van der Waals surface area contributed by atoms with Gasteiger partial charge in [-0.15, -0.1) is 0 Å². The third kappa shape index (κ3) is 8.57. The van der Waals surface area contributed by atoms with Crippen LogP contribution in [0.2, 0.25) is 0 Å². The number of nitrogens with zero attached hydrogens (tertiary/aromatic N) is 4. The Morgan fingerprint density at radius 2 is 1.79 bits per heavy atom. The van der Waals surface area contributed by atoms with Gasteiger partial charge in [-0.05, 0) is 64.4 Å². The van der Waals surface area contributed by atoms with Gasteiger partial charge in [-0.2, -0.15) is 4.98 Å². The molecule has 1 heterocycles. The fourth-order valence-corrected chi connectivity index (χ4v) is 3.92. The molecule has 3 N–H and O–H groups in total. The number of unbranched alkanes of at least 4 members (excludes halogenated alkanes) is 1. The second-order valence-corrected chi connectivity index (χ2v) is 9.07. The van der Waals surface area contributed by atoms with E-state index in [2.05, 4.69) is 21.8 Å². The minimum atomic E-state index is -0.208. The van der Waals surface area contributed by atoms with Gasteiger partial charge in [0.25, 0.3) is 0 Å². The normalized spacial score (nSPS) is 12.1. The van der Waals surface area contributed by atoms with Crippen molar-refractivity contribution >= 4 is 17.7 Å². The molecule has 8 heteroatoms. The van der Waals surface area contributed by atoms with Gasteiger partial charge in [0, 0.05) is 17.7 Å². The molecule has 0 fully saturated rings. The van der Waals surface area contributed by atoms with Crippen LogP contribution in [0.25, 0.3) is 0 Å². The Balaban J connectivity index is 2.04. The van der Waals surface area contributed by atoms with Gasteiger partial charge >= 0.3 is 5.97 Å². The minimum Gasteiger partial charge on any atom is -0.465 e. The first kappa shape index (κ1) is 27.5. The van der Waals surface area contributed by atoms with Crippen molar-refractivity contribution in [2.24, 2.45) is 0 Å². The second-order valence-electron chi connectivity index (χ2n) is 9.07. The van der Waals surface area contributed by atoms with Gasteiger partial charge in [0.15, 0.2) is 5.82 Å². The number of carbonyl (C=O) groups is 1. The van der Waals surface area contributed by atoms with Crippen LogP contribution in [0.15, 0.2) is 24.3 Å². The summed E-state index contributed by atoms with van der Waals surface area (Å²) in [4.78, 5) is 22.9. The second kappa shape index (κ2) is 13.9. The van der Waals surface area contributed by atoms with Gasteiger partial charge in [-0.1, -0.05) is 44.5 Å². The average Bonchev–Trinajstić information content (AvgIpc) is 2.79. The van der Waals surface area contributed by atoms with Gasteiger partial charge in [0.2, 0.25) is 5.95 Å². The van der Waals surface area contributed by atoms with Crippen molar-refractivity contribution in [3.63, 3.8) is 0 Å². The summed E-state index contributed by atoms with van der Waals surface area (Å²) in [7, 11) is 4.07. The highest BCUT2D eigenvalue weighted by Crippen LogP contribution is 2.27. The third-order valence-corrected chi connectivity index (χ3v) is 5.88. The maximum absolute atomic E-state index is 12.1. The highest BCUT2D eigenvalue weighted by molar-refractivity contribution is 5.72. The third-order valence-electron chi connectivity index (χ3n) is 5.88. The monoisotopic (exact) mass is 471 g/mol. The first-order valence-electron chi connectivity index (χ1n) is 12.2.